The average molecular weight is 374 g/mol. The van der Waals surface area contributed by atoms with Gasteiger partial charge in [0.25, 0.3) is 0 Å². The molecule has 3 heterocycles. The number of rotatable bonds is 3. The van der Waals surface area contributed by atoms with E-state index in [9.17, 15) is 4.39 Å². The van der Waals surface area contributed by atoms with E-state index in [4.69, 9.17) is 5.73 Å². The minimum atomic E-state index is -0.362. The fraction of sp³-hybridized carbons (Fsp3) is 0.190. The van der Waals surface area contributed by atoms with Gasteiger partial charge in [0.1, 0.15) is 5.82 Å². The molecule has 2 aromatic heterocycles. The fourth-order valence-corrected chi connectivity index (χ4v) is 3.73. The van der Waals surface area contributed by atoms with Crippen molar-refractivity contribution in [2.24, 2.45) is 0 Å². The molecule has 5 rings (SSSR count). The van der Waals surface area contributed by atoms with E-state index in [0.29, 0.717) is 23.6 Å². The van der Waals surface area contributed by atoms with Crippen LogP contribution in [0.15, 0.2) is 54.7 Å². The van der Waals surface area contributed by atoms with Crippen LogP contribution in [0.1, 0.15) is 16.7 Å². The molecule has 0 radical (unpaired) electrons. The number of halogens is 1. The lowest BCUT2D eigenvalue weighted by atomic mass is 10.00. The number of fused-ring (bicyclic) bond motifs is 2. The predicted octanol–water partition coefficient (Wildman–Crippen LogP) is 3.07. The molecular weight excluding hydrogens is 355 g/mol. The molecule has 28 heavy (non-hydrogen) atoms. The zero-order valence-electron chi connectivity index (χ0n) is 15.2. The Morgan fingerprint density at radius 2 is 1.82 bits per heavy atom. The number of anilines is 1. The number of aromatic nitrogens is 4. The van der Waals surface area contributed by atoms with E-state index in [-0.39, 0.29) is 11.8 Å². The molecule has 0 saturated heterocycles. The van der Waals surface area contributed by atoms with Crippen molar-refractivity contribution in [1.29, 1.82) is 0 Å². The Kier molecular flexibility index (Phi) is 4.02. The minimum Gasteiger partial charge on any atom is -0.368 e. The van der Waals surface area contributed by atoms with Crippen LogP contribution in [-0.4, -0.2) is 31.0 Å². The molecule has 0 fully saturated rings. The van der Waals surface area contributed by atoms with Crippen LogP contribution in [0.25, 0.3) is 17.0 Å². The molecule has 0 spiro atoms. The molecule has 2 N–H and O–H groups in total. The molecule has 1 aliphatic heterocycles. The number of benzene rings is 2. The van der Waals surface area contributed by atoms with Gasteiger partial charge in [-0.25, -0.2) is 14.4 Å². The van der Waals surface area contributed by atoms with Gasteiger partial charge in [0, 0.05) is 31.4 Å². The van der Waals surface area contributed by atoms with E-state index in [1.807, 2.05) is 0 Å². The molecule has 4 aromatic rings. The van der Waals surface area contributed by atoms with Crippen LogP contribution >= 0.6 is 0 Å². The van der Waals surface area contributed by atoms with Crippen LogP contribution in [0.2, 0.25) is 0 Å². The van der Waals surface area contributed by atoms with E-state index < -0.39 is 0 Å². The highest BCUT2D eigenvalue weighted by atomic mass is 19.1. The Morgan fingerprint density at radius 3 is 2.68 bits per heavy atom. The van der Waals surface area contributed by atoms with Gasteiger partial charge in [-0.3, -0.25) is 4.90 Å². The Hall–Kier alpha value is -3.32. The number of nitrogens with two attached hydrogens (primary N) is 1. The van der Waals surface area contributed by atoms with Crippen LogP contribution in [0.4, 0.5) is 10.3 Å². The lowest BCUT2D eigenvalue weighted by molar-refractivity contribution is 0.246. The van der Waals surface area contributed by atoms with Gasteiger partial charge in [0.05, 0.1) is 5.56 Å². The second kappa shape index (κ2) is 6.69. The summed E-state index contributed by atoms with van der Waals surface area (Å²) in [7, 11) is 0. The van der Waals surface area contributed by atoms with Gasteiger partial charge in [-0.1, -0.05) is 36.4 Å². The predicted molar refractivity (Wildman–Crippen MR) is 105 cm³/mol. The SMILES string of the molecule is Nc1ncc(CN2CCc3ccccc3C2)c2nc(-c3ccccc3F)nn12. The summed E-state index contributed by atoms with van der Waals surface area (Å²) in [6, 6.07) is 15.0. The van der Waals surface area contributed by atoms with Crippen molar-refractivity contribution in [2.75, 3.05) is 12.3 Å². The molecule has 0 amide bonds. The molecule has 0 bridgehead atoms. The highest BCUT2D eigenvalue weighted by molar-refractivity contribution is 5.61. The minimum absolute atomic E-state index is 0.234. The van der Waals surface area contributed by atoms with E-state index in [0.717, 1.165) is 25.1 Å². The lowest BCUT2D eigenvalue weighted by Crippen LogP contribution is -2.30. The lowest BCUT2D eigenvalue weighted by Gasteiger charge is -2.28. The fourth-order valence-electron chi connectivity index (χ4n) is 3.73. The van der Waals surface area contributed by atoms with Crippen LogP contribution in [0, 0.1) is 5.82 Å². The van der Waals surface area contributed by atoms with Gasteiger partial charge in [-0.05, 0) is 29.7 Å². The second-order valence-corrected chi connectivity index (χ2v) is 7.02. The van der Waals surface area contributed by atoms with Crippen molar-refractivity contribution in [3.05, 3.63) is 77.2 Å². The third-order valence-electron chi connectivity index (χ3n) is 5.18. The summed E-state index contributed by atoms with van der Waals surface area (Å²) in [6.45, 7) is 2.52. The van der Waals surface area contributed by atoms with Crippen molar-refractivity contribution in [1.82, 2.24) is 24.5 Å². The maximum Gasteiger partial charge on any atom is 0.223 e. The van der Waals surface area contributed by atoms with Crippen molar-refractivity contribution >= 4 is 11.6 Å². The highest BCUT2D eigenvalue weighted by Crippen LogP contribution is 2.24. The summed E-state index contributed by atoms with van der Waals surface area (Å²) in [4.78, 5) is 11.2. The molecule has 0 aliphatic carbocycles. The summed E-state index contributed by atoms with van der Waals surface area (Å²) in [6.07, 6.45) is 2.76. The van der Waals surface area contributed by atoms with Crippen LogP contribution < -0.4 is 5.73 Å². The number of hydrogen-bond donors (Lipinski definition) is 1. The second-order valence-electron chi connectivity index (χ2n) is 7.02. The normalized spacial score (nSPS) is 14.3. The first kappa shape index (κ1) is 16.8. The number of nitrogens with zero attached hydrogens (tertiary/aromatic N) is 5. The van der Waals surface area contributed by atoms with Gasteiger partial charge in [-0.2, -0.15) is 4.52 Å². The summed E-state index contributed by atoms with van der Waals surface area (Å²) in [5.41, 5.74) is 10.6. The molecule has 0 atom stereocenters. The van der Waals surface area contributed by atoms with Gasteiger partial charge < -0.3 is 5.73 Å². The maximum atomic E-state index is 14.2. The summed E-state index contributed by atoms with van der Waals surface area (Å²) in [5, 5.41) is 4.39. The van der Waals surface area contributed by atoms with Crippen LogP contribution in [-0.2, 0) is 19.5 Å². The van der Waals surface area contributed by atoms with Gasteiger partial charge >= 0.3 is 0 Å². The van der Waals surface area contributed by atoms with Gasteiger partial charge in [-0.15, -0.1) is 5.10 Å². The molecule has 0 saturated carbocycles. The smallest absolute Gasteiger partial charge is 0.223 e. The van der Waals surface area contributed by atoms with Crippen LogP contribution in [0.3, 0.4) is 0 Å². The first-order valence-corrected chi connectivity index (χ1v) is 9.23. The Labute approximate surface area is 161 Å². The summed E-state index contributed by atoms with van der Waals surface area (Å²) in [5.74, 6) is 0.181. The zero-order valence-corrected chi connectivity index (χ0v) is 15.2. The molecule has 6 nitrogen and oxygen atoms in total. The van der Waals surface area contributed by atoms with E-state index in [1.165, 1.54) is 21.7 Å². The van der Waals surface area contributed by atoms with E-state index in [1.54, 1.807) is 24.4 Å². The van der Waals surface area contributed by atoms with Crippen LogP contribution in [0.5, 0.6) is 0 Å². The Bertz CT molecular complexity index is 1170. The molecule has 1 aliphatic rings. The topological polar surface area (TPSA) is 72.3 Å². The highest BCUT2D eigenvalue weighted by Gasteiger charge is 2.20. The van der Waals surface area contributed by atoms with Crippen molar-refractivity contribution in [3.8, 4) is 11.4 Å². The first-order valence-electron chi connectivity index (χ1n) is 9.23. The Balaban J connectivity index is 1.50. The number of nitrogen functional groups attached to an aromatic ring is 1. The molecule has 0 unspecified atom stereocenters. The number of hydrogen-bond acceptors (Lipinski definition) is 5. The standard InChI is InChI=1S/C21H19FN6/c22-18-8-4-3-7-17(18)19-25-20-16(11-24-21(23)28(20)26-19)13-27-10-9-14-5-1-2-6-15(14)12-27/h1-8,11H,9-10,12-13H2,(H2,23,24). The molecule has 7 heteroatoms. The third kappa shape index (κ3) is 2.90. The maximum absolute atomic E-state index is 14.2. The third-order valence-corrected chi connectivity index (χ3v) is 5.18. The van der Waals surface area contributed by atoms with Gasteiger partial charge in [0.2, 0.25) is 5.95 Å². The quantitative estimate of drug-likeness (QED) is 0.597. The molecule has 2 aromatic carbocycles. The average Bonchev–Trinajstić information content (AvgIpc) is 3.17. The van der Waals surface area contributed by atoms with Crippen molar-refractivity contribution in [2.45, 2.75) is 19.5 Å². The first-order chi connectivity index (χ1) is 13.7. The Morgan fingerprint density at radius 1 is 1.04 bits per heavy atom. The molecular formula is C21H19FN6. The largest absolute Gasteiger partial charge is 0.368 e. The summed E-state index contributed by atoms with van der Waals surface area (Å²) >= 11 is 0. The van der Waals surface area contributed by atoms with E-state index >= 15 is 0 Å². The molecule has 140 valence electrons. The van der Waals surface area contributed by atoms with Crippen molar-refractivity contribution in [3.63, 3.8) is 0 Å². The van der Waals surface area contributed by atoms with E-state index in [2.05, 4.69) is 44.2 Å². The van der Waals surface area contributed by atoms with Gasteiger partial charge in [0.15, 0.2) is 11.5 Å². The summed E-state index contributed by atoms with van der Waals surface area (Å²) < 4.78 is 15.7. The monoisotopic (exact) mass is 374 g/mol. The van der Waals surface area contributed by atoms with Crippen molar-refractivity contribution < 1.29 is 4.39 Å². The zero-order chi connectivity index (χ0) is 19.1.